The molecule has 6 nitrogen and oxygen atoms in total. The number of nitro benzene ring substituents is 1. The number of likely N-dealkylation sites (tertiary alicyclic amines) is 1. The third-order valence-electron chi connectivity index (χ3n) is 3.64. The van der Waals surface area contributed by atoms with Crippen LogP contribution in [0.3, 0.4) is 0 Å². The number of carbonyl (C=O) groups is 1. The monoisotopic (exact) mass is 309 g/mol. The van der Waals surface area contributed by atoms with Crippen molar-refractivity contribution < 1.29 is 9.72 Å². The van der Waals surface area contributed by atoms with Crippen LogP contribution in [-0.2, 0) is 4.79 Å². The van der Waals surface area contributed by atoms with Crippen LogP contribution >= 0.6 is 11.8 Å². The predicted molar refractivity (Wildman–Crippen MR) is 82.2 cm³/mol. The molecule has 0 saturated carbocycles. The van der Waals surface area contributed by atoms with E-state index in [2.05, 4.69) is 0 Å². The Morgan fingerprint density at radius 2 is 2.19 bits per heavy atom. The van der Waals surface area contributed by atoms with E-state index in [9.17, 15) is 14.9 Å². The van der Waals surface area contributed by atoms with Crippen LogP contribution in [0.25, 0.3) is 0 Å². The van der Waals surface area contributed by atoms with Gasteiger partial charge in [0.15, 0.2) is 0 Å². The minimum absolute atomic E-state index is 0.0565. The molecule has 1 amide bonds. The van der Waals surface area contributed by atoms with Gasteiger partial charge in [0.25, 0.3) is 5.69 Å². The molecule has 1 aliphatic heterocycles. The molecular weight excluding hydrogens is 290 g/mol. The van der Waals surface area contributed by atoms with E-state index in [1.54, 1.807) is 12.1 Å². The van der Waals surface area contributed by atoms with Crippen LogP contribution in [0.4, 0.5) is 5.69 Å². The van der Waals surface area contributed by atoms with Crippen LogP contribution in [0, 0.1) is 10.1 Å². The smallest absolute Gasteiger partial charge is 0.269 e. The molecule has 2 atom stereocenters. The zero-order chi connectivity index (χ0) is 15.4. The summed E-state index contributed by atoms with van der Waals surface area (Å²) in [6.07, 6.45) is 1.97. The minimum Gasteiger partial charge on any atom is -0.337 e. The molecule has 0 aliphatic carbocycles. The molecular formula is C14H19N3O3S. The van der Waals surface area contributed by atoms with Gasteiger partial charge in [-0.15, -0.1) is 11.8 Å². The molecule has 21 heavy (non-hydrogen) atoms. The lowest BCUT2D eigenvalue weighted by Crippen LogP contribution is -2.43. The third kappa shape index (κ3) is 3.74. The van der Waals surface area contributed by atoms with Gasteiger partial charge in [-0.3, -0.25) is 14.9 Å². The summed E-state index contributed by atoms with van der Waals surface area (Å²) in [6, 6.07) is 6.42. The van der Waals surface area contributed by atoms with E-state index >= 15 is 0 Å². The maximum atomic E-state index is 12.4. The maximum Gasteiger partial charge on any atom is 0.269 e. The highest BCUT2D eigenvalue weighted by Crippen LogP contribution is 2.28. The molecule has 1 fully saturated rings. The summed E-state index contributed by atoms with van der Waals surface area (Å²) in [6.45, 7) is 3.13. The van der Waals surface area contributed by atoms with Gasteiger partial charge in [0.1, 0.15) is 0 Å². The maximum absolute atomic E-state index is 12.4. The van der Waals surface area contributed by atoms with E-state index in [0.29, 0.717) is 6.54 Å². The van der Waals surface area contributed by atoms with Gasteiger partial charge in [-0.05, 0) is 31.9 Å². The number of nitrogens with two attached hydrogens (primary N) is 1. The second-order valence-corrected chi connectivity index (χ2v) is 6.49. The van der Waals surface area contributed by atoms with Crippen LogP contribution in [0.1, 0.15) is 19.8 Å². The molecule has 0 aromatic heterocycles. The Morgan fingerprint density at radius 1 is 1.52 bits per heavy atom. The molecule has 1 aromatic rings. The summed E-state index contributed by atoms with van der Waals surface area (Å²) >= 11 is 1.42. The van der Waals surface area contributed by atoms with E-state index in [0.717, 1.165) is 24.3 Å². The van der Waals surface area contributed by atoms with Gasteiger partial charge in [0.2, 0.25) is 5.91 Å². The highest BCUT2D eigenvalue weighted by Gasteiger charge is 2.30. The Kier molecular flexibility index (Phi) is 5.19. The highest BCUT2D eigenvalue weighted by atomic mass is 32.2. The molecule has 2 N–H and O–H groups in total. The van der Waals surface area contributed by atoms with E-state index in [1.807, 2.05) is 11.8 Å². The Labute approximate surface area is 127 Å². The first kappa shape index (κ1) is 15.8. The van der Waals surface area contributed by atoms with Gasteiger partial charge in [0, 0.05) is 36.2 Å². The fourth-order valence-corrected chi connectivity index (χ4v) is 3.44. The Morgan fingerprint density at radius 3 is 2.76 bits per heavy atom. The molecule has 0 radical (unpaired) electrons. The number of nitrogens with zero attached hydrogens (tertiary/aromatic N) is 2. The lowest BCUT2D eigenvalue weighted by molar-refractivity contribution is -0.384. The molecule has 0 spiro atoms. The van der Waals surface area contributed by atoms with E-state index in [-0.39, 0.29) is 22.9 Å². The molecule has 0 bridgehead atoms. The first-order valence-electron chi connectivity index (χ1n) is 6.94. The zero-order valence-electron chi connectivity index (χ0n) is 11.9. The zero-order valence-corrected chi connectivity index (χ0v) is 12.7. The number of rotatable bonds is 5. The molecule has 2 rings (SSSR count). The molecule has 2 unspecified atom stereocenters. The molecule has 114 valence electrons. The van der Waals surface area contributed by atoms with Gasteiger partial charge in [0.05, 0.1) is 10.2 Å². The number of nitro groups is 1. The van der Waals surface area contributed by atoms with Crippen molar-refractivity contribution in [1.29, 1.82) is 0 Å². The molecule has 7 heteroatoms. The Bertz CT molecular complexity index is 521. The van der Waals surface area contributed by atoms with Crippen molar-refractivity contribution in [2.45, 2.75) is 36.0 Å². The molecule has 1 heterocycles. The van der Waals surface area contributed by atoms with Gasteiger partial charge in [-0.1, -0.05) is 0 Å². The summed E-state index contributed by atoms with van der Waals surface area (Å²) < 4.78 is 0. The van der Waals surface area contributed by atoms with Gasteiger partial charge >= 0.3 is 0 Å². The summed E-state index contributed by atoms with van der Waals surface area (Å²) in [7, 11) is 0. The summed E-state index contributed by atoms with van der Waals surface area (Å²) in [4.78, 5) is 25.3. The topological polar surface area (TPSA) is 89.5 Å². The second-order valence-electron chi connectivity index (χ2n) is 5.07. The van der Waals surface area contributed by atoms with Crippen molar-refractivity contribution in [2.24, 2.45) is 5.73 Å². The lowest BCUT2D eigenvalue weighted by Gasteiger charge is -2.26. The first-order chi connectivity index (χ1) is 10.0. The number of benzene rings is 1. The standard InChI is InChI=1S/C14H19N3O3S/c1-10(14(18)16-8-2-3-12(16)9-15)21-13-6-4-11(5-7-13)17(19)20/h4-7,10,12H,2-3,8-9,15H2,1H3. The lowest BCUT2D eigenvalue weighted by atomic mass is 10.2. The molecule has 1 aliphatic rings. The third-order valence-corrected chi connectivity index (χ3v) is 4.74. The SMILES string of the molecule is CC(Sc1ccc([N+](=O)[O-])cc1)C(=O)N1CCCC1CN. The molecule has 1 saturated heterocycles. The van der Waals surface area contributed by atoms with E-state index in [1.165, 1.54) is 23.9 Å². The number of thioether (sulfide) groups is 1. The summed E-state index contributed by atoms with van der Waals surface area (Å²) in [5.41, 5.74) is 5.75. The molecule has 1 aromatic carbocycles. The van der Waals surface area contributed by atoms with Crippen molar-refractivity contribution in [3.63, 3.8) is 0 Å². The quantitative estimate of drug-likeness (QED) is 0.510. The number of hydrogen-bond acceptors (Lipinski definition) is 5. The number of amides is 1. The van der Waals surface area contributed by atoms with Crippen LogP contribution in [-0.4, -0.2) is 40.1 Å². The summed E-state index contributed by atoms with van der Waals surface area (Å²) in [5.74, 6) is 0.0892. The van der Waals surface area contributed by atoms with Crippen molar-refractivity contribution in [3.05, 3.63) is 34.4 Å². The van der Waals surface area contributed by atoms with E-state index < -0.39 is 4.92 Å². The normalized spacial score (nSPS) is 19.5. The average Bonchev–Trinajstić information content (AvgIpc) is 2.95. The Balaban J connectivity index is 1.98. The predicted octanol–water partition coefficient (Wildman–Crippen LogP) is 2.03. The van der Waals surface area contributed by atoms with Crippen LogP contribution in [0.2, 0.25) is 0 Å². The fraction of sp³-hybridized carbons (Fsp3) is 0.500. The van der Waals surface area contributed by atoms with Crippen LogP contribution < -0.4 is 5.73 Å². The average molecular weight is 309 g/mol. The van der Waals surface area contributed by atoms with Crippen LogP contribution in [0.5, 0.6) is 0 Å². The largest absolute Gasteiger partial charge is 0.337 e. The fourth-order valence-electron chi connectivity index (χ4n) is 2.51. The number of hydrogen-bond donors (Lipinski definition) is 1. The second kappa shape index (κ2) is 6.91. The number of non-ortho nitro benzene ring substituents is 1. The number of carbonyl (C=O) groups excluding carboxylic acids is 1. The van der Waals surface area contributed by atoms with Crippen molar-refractivity contribution in [2.75, 3.05) is 13.1 Å². The van der Waals surface area contributed by atoms with E-state index in [4.69, 9.17) is 5.73 Å². The van der Waals surface area contributed by atoms with Gasteiger partial charge in [-0.2, -0.15) is 0 Å². The van der Waals surface area contributed by atoms with Gasteiger partial charge < -0.3 is 10.6 Å². The first-order valence-corrected chi connectivity index (χ1v) is 7.82. The van der Waals surface area contributed by atoms with Crippen LogP contribution in [0.15, 0.2) is 29.2 Å². The van der Waals surface area contributed by atoms with Crippen molar-refractivity contribution in [3.8, 4) is 0 Å². The summed E-state index contributed by atoms with van der Waals surface area (Å²) in [5, 5.41) is 10.4. The van der Waals surface area contributed by atoms with Crippen molar-refractivity contribution >= 4 is 23.4 Å². The highest BCUT2D eigenvalue weighted by molar-refractivity contribution is 8.00. The Hall–Kier alpha value is -1.60. The minimum atomic E-state index is -0.431. The van der Waals surface area contributed by atoms with Crippen molar-refractivity contribution in [1.82, 2.24) is 4.90 Å². The van der Waals surface area contributed by atoms with Gasteiger partial charge in [-0.25, -0.2) is 0 Å².